The van der Waals surface area contributed by atoms with Crippen LogP contribution in [0.5, 0.6) is 0 Å². The SMILES string of the molecule is [Li].[Na].[Sn].[Zn]. The first-order valence-corrected chi connectivity index (χ1v) is 0. The van der Waals surface area contributed by atoms with Crippen LogP contribution in [-0.4, -0.2) is 72.3 Å². The van der Waals surface area contributed by atoms with Crippen molar-refractivity contribution in [2.75, 3.05) is 0 Å². The van der Waals surface area contributed by atoms with Gasteiger partial charge in [0.15, 0.2) is 0 Å². The van der Waals surface area contributed by atoms with E-state index in [2.05, 4.69) is 0 Å². The third kappa shape index (κ3) is 8.89. The van der Waals surface area contributed by atoms with Crippen molar-refractivity contribution < 1.29 is 19.5 Å². The largest absolute Gasteiger partial charge is 0 e. The maximum atomic E-state index is 0. The van der Waals surface area contributed by atoms with Gasteiger partial charge in [-0.2, -0.15) is 0 Å². The summed E-state index contributed by atoms with van der Waals surface area (Å²) in [4.78, 5) is 0. The molecule has 0 saturated heterocycles. The Morgan fingerprint density at radius 2 is 1.00 bits per heavy atom. The van der Waals surface area contributed by atoms with E-state index < -0.39 is 0 Å². The molecule has 0 heterocycles. The molecule has 0 aromatic rings. The van der Waals surface area contributed by atoms with Crippen LogP contribution in [0.25, 0.3) is 0 Å². The molecule has 0 aromatic heterocycles. The van der Waals surface area contributed by atoms with Gasteiger partial charge in [0.1, 0.15) is 0 Å². The van der Waals surface area contributed by atoms with Crippen molar-refractivity contribution in [2.24, 2.45) is 0 Å². The average molecular weight is 214 g/mol. The van der Waals surface area contributed by atoms with Crippen molar-refractivity contribution in [3.8, 4) is 0 Å². The third-order valence-electron chi connectivity index (χ3n) is 0. The number of rotatable bonds is 0. The summed E-state index contributed by atoms with van der Waals surface area (Å²) in [7, 11) is 0. The summed E-state index contributed by atoms with van der Waals surface area (Å²) in [5, 5.41) is 0. The Hall–Kier alpha value is 3.02. The first-order valence-electron chi connectivity index (χ1n) is 0. The zero-order valence-corrected chi connectivity index (χ0v) is 11.0. The monoisotopic (exact) mass is 214 g/mol. The van der Waals surface area contributed by atoms with Crippen molar-refractivity contribution in [1.82, 2.24) is 0 Å². The molecule has 0 nitrogen and oxygen atoms in total. The average Bonchev–Trinajstić information content (AvgIpc) is 0. The zero-order chi connectivity index (χ0) is 0. The van der Waals surface area contributed by atoms with Crippen molar-refractivity contribution in [3.63, 3.8) is 0 Å². The van der Waals surface area contributed by atoms with Crippen LogP contribution in [-0.2, 0) is 19.5 Å². The van der Waals surface area contributed by atoms with E-state index in [-0.39, 0.29) is 91.8 Å². The second-order valence-electron chi connectivity index (χ2n) is 0. The molecule has 0 aromatic carbocycles. The maximum absolute atomic E-state index is 0. The van der Waals surface area contributed by atoms with Crippen molar-refractivity contribution in [2.45, 2.75) is 0 Å². The van der Waals surface area contributed by atoms with Crippen molar-refractivity contribution in [1.29, 1.82) is 0 Å². The summed E-state index contributed by atoms with van der Waals surface area (Å²) in [5.41, 5.74) is 0. The smallest absolute Gasteiger partial charge is 0 e. The van der Waals surface area contributed by atoms with E-state index in [0.29, 0.717) is 0 Å². The van der Waals surface area contributed by atoms with E-state index in [4.69, 9.17) is 0 Å². The van der Waals surface area contributed by atoms with Crippen LogP contribution in [0.1, 0.15) is 0 Å². The third-order valence-corrected chi connectivity index (χ3v) is 0. The minimum atomic E-state index is 0. The molecular formula is LiNaSnZn. The Morgan fingerprint density at radius 3 is 1.00 bits per heavy atom. The molecule has 0 aliphatic rings. The molecule has 0 unspecified atom stereocenters. The van der Waals surface area contributed by atoms with Gasteiger partial charge >= 0.3 is 0 Å². The first kappa shape index (κ1) is 27.9. The molecule has 0 aliphatic heterocycles. The van der Waals surface area contributed by atoms with Crippen LogP contribution >= 0.6 is 0 Å². The van der Waals surface area contributed by atoms with Crippen LogP contribution in [0.15, 0.2) is 0 Å². The summed E-state index contributed by atoms with van der Waals surface area (Å²) < 4.78 is 0. The molecule has 0 N–H and O–H groups in total. The molecule has 0 fully saturated rings. The van der Waals surface area contributed by atoms with Crippen LogP contribution in [0.2, 0.25) is 0 Å². The Labute approximate surface area is 90.0 Å². The fraction of sp³-hybridized carbons (Fsp3) is 0. The molecule has 6 radical (unpaired) electrons. The summed E-state index contributed by atoms with van der Waals surface area (Å²) in [6.07, 6.45) is 0. The summed E-state index contributed by atoms with van der Waals surface area (Å²) in [5.74, 6) is 0. The Balaban J connectivity index is 0. The van der Waals surface area contributed by atoms with Gasteiger partial charge in [-0.25, -0.2) is 0 Å². The van der Waals surface area contributed by atoms with Crippen LogP contribution < -0.4 is 0 Å². The maximum Gasteiger partial charge on any atom is 0 e. The molecule has 0 spiro atoms. The second kappa shape index (κ2) is 16.6. The van der Waals surface area contributed by atoms with Gasteiger partial charge < -0.3 is 0 Å². The minimum absolute atomic E-state index is 0. The van der Waals surface area contributed by atoms with Crippen LogP contribution in [0.3, 0.4) is 0 Å². The molecular weight excluding hydrogens is 214 g/mol. The molecule has 4 heteroatoms. The van der Waals surface area contributed by atoms with Gasteiger partial charge in [-0.15, -0.1) is 0 Å². The molecule has 4 heavy (non-hydrogen) atoms. The van der Waals surface area contributed by atoms with E-state index in [9.17, 15) is 0 Å². The quantitative estimate of drug-likeness (QED) is 0.447. The molecule has 0 saturated carbocycles. The van der Waals surface area contributed by atoms with Gasteiger partial charge in [0.2, 0.25) is 0 Å². The molecule has 0 atom stereocenters. The van der Waals surface area contributed by atoms with Gasteiger partial charge in [-0.1, -0.05) is 0 Å². The van der Waals surface area contributed by atoms with E-state index >= 15 is 0 Å². The molecule has 0 amide bonds. The molecule has 0 rings (SSSR count). The van der Waals surface area contributed by atoms with Gasteiger partial charge in [0, 0.05) is 91.8 Å². The molecule has 0 bridgehead atoms. The van der Waals surface area contributed by atoms with E-state index in [1.54, 1.807) is 0 Å². The van der Waals surface area contributed by atoms with E-state index in [1.807, 2.05) is 0 Å². The summed E-state index contributed by atoms with van der Waals surface area (Å²) >= 11 is 0. The molecule has 0 aliphatic carbocycles. The van der Waals surface area contributed by atoms with E-state index in [0.717, 1.165) is 0 Å². The Bertz CT molecular complexity index is 8.00. The van der Waals surface area contributed by atoms with Gasteiger partial charge in [0.25, 0.3) is 0 Å². The second-order valence-corrected chi connectivity index (χ2v) is 0. The van der Waals surface area contributed by atoms with Gasteiger partial charge in [0.05, 0.1) is 0 Å². The van der Waals surface area contributed by atoms with E-state index in [1.165, 1.54) is 0 Å². The first-order chi connectivity index (χ1) is 0. The van der Waals surface area contributed by atoms with Gasteiger partial charge in [-0.3, -0.25) is 0 Å². The fourth-order valence-electron chi connectivity index (χ4n) is 0. The molecule has 8 valence electrons. The van der Waals surface area contributed by atoms with Crippen molar-refractivity contribution in [3.05, 3.63) is 0 Å². The Morgan fingerprint density at radius 1 is 1.00 bits per heavy atom. The summed E-state index contributed by atoms with van der Waals surface area (Å²) in [6, 6.07) is 0. The topological polar surface area (TPSA) is 0 Å². The van der Waals surface area contributed by atoms with Crippen molar-refractivity contribution >= 4 is 72.3 Å². The summed E-state index contributed by atoms with van der Waals surface area (Å²) in [6.45, 7) is 0. The number of hydrogen-bond donors (Lipinski definition) is 0. The fourth-order valence-corrected chi connectivity index (χ4v) is 0. The normalized spacial score (nSPS) is 0. The van der Waals surface area contributed by atoms with Crippen LogP contribution in [0.4, 0.5) is 0 Å². The standard InChI is InChI=1S/Li.Na.Sn.Zn. The minimum Gasteiger partial charge on any atom is 0 e. The zero-order valence-electron chi connectivity index (χ0n) is 3.21. The number of hydrogen-bond acceptors (Lipinski definition) is 0. The predicted octanol–water partition coefficient (Wildman–Crippen LogP) is -1.14. The predicted molar refractivity (Wildman–Crippen MR) is 17.3 cm³/mol. The van der Waals surface area contributed by atoms with Crippen LogP contribution in [0, 0.1) is 0 Å². The Kier molecular flexibility index (Phi) is 116. The van der Waals surface area contributed by atoms with Gasteiger partial charge in [-0.05, 0) is 0 Å².